The summed E-state index contributed by atoms with van der Waals surface area (Å²) in [4.78, 5) is 26.2. The number of hydrogen-bond donors (Lipinski definition) is 2. The molecule has 1 saturated heterocycles. The number of aliphatic hydroxyl groups is 1. The minimum absolute atomic E-state index is 0.0754. The van der Waals surface area contributed by atoms with Crippen LogP contribution in [0.2, 0.25) is 0 Å². The van der Waals surface area contributed by atoms with Crippen LogP contribution in [0.4, 0.5) is 10.5 Å². The van der Waals surface area contributed by atoms with Crippen molar-refractivity contribution < 1.29 is 19.4 Å². The van der Waals surface area contributed by atoms with Crippen LogP contribution in [0, 0.1) is 0 Å². The van der Waals surface area contributed by atoms with Gasteiger partial charge in [-0.15, -0.1) is 0 Å². The van der Waals surface area contributed by atoms with Gasteiger partial charge in [-0.25, -0.2) is 4.79 Å². The summed E-state index contributed by atoms with van der Waals surface area (Å²) in [6.07, 6.45) is -1.18. The number of rotatable bonds is 4. The second-order valence-electron chi connectivity index (χ2n) is 6.09. The van der Waals surface area contributed by atoms with Crippen molar-refractivity contribution in [3.63, 3.8) is 0 Å². The lowest BCUT2D eigenvalue weighted by molar-refractivity contribution is -0.120. The normalized spacial score (nSPS) is 19.2. The van der Waals surface area contributed by atoms with Crippen molar-refractivity contribution >= 4 is 33.6 Å². The maximum atomic E-state index is 12.6. The van der Waals surface area contributed by atoms with E-state index in [2.05, 4.69) is 21.2 Å². The maximum absolute atomic E-state index is 12.6. The number of nitrogens with one attached hydrogen (secondary N) is 1. The molecule has 0 radical (unpaired) electrons. The van der Waals surface area contributed by atoms with Crippen molar-refractivity contribution in [3.05, 3.63) is 64.6 Å². The van der Waals surface area contributed by atoms with Crippen LogP contribution in [0.5, 0.6) is 0 Å². The Morgan fingerprint density at radius 2 is 1.85 bits per heavy atom. The van der Waals surface area contributed by atoms with Crippen LogP contribution in [0.3, 0.4) is 0 Å². The molecule has 1 fully saturated rings. The fourth-order valence-corrected chi connectivity index (χ4v) is 3.09. The third kappa shape index (κ3) is 4.62. The predicted octanol–water partition coefficient (Wildman–Crippen LogP) is 3.16. The number of anilines is 1. The average molecular weight is 419 g/mol. The highest BCUT2D eigenvalue weighted by Crippen LogP contribution is 2.22. The Hall–Kier alpha value is -2.38. The summed E-state index contributed by atoms with van der Waals surface area (Å²) in [7, 11) is 0. The Morgan fingerprint density at radius 1 is 1.15 bits per heavy atom. The largest absolute Gasteiger partial charge is 0.445 e. The molecule has 2 amide bonds. The van der Waals surface area contributed by atoms with Gasteiger partial charge in [-0.3, -0.25) is 9.69 Å². The first-order chi connectivity index (χ1) is 12.5. The van der Waals surface area contributed by atoms with Gasteiger partial charge in [0, 0.05) is 16.6 Å². The number of aliphatic hydroxyl groups excluding tert-OH is 1. The summed E-state index contributed by atoms with van der Waals surface area (Å²) in [6.45, 7) is 0.194. The Balaban J connectivity index is 1.62. The van der Waals surface area contributed by atoms with E-state index in [4.69, 9.17) is 4.74 Å². The zero-order chi connectivity index (χ0) is 18.5. The van der Waals surface area contributed by atoms with Gasteiger partial charge in [0.15, 0.2) is 0 Å². The van der Waals surface area contributed by atoms with Gasteiger partial charge in [-0.2, -0.15) is 0 Å². The van der Waals surface area contributed by atoms with E-state index in [1.807, 2.05) is 42.5 Å². The third-order valence-corrected chi connectivity index (χ3v) is 4.66. The molecule has 0 spiro atoms. The average Bonchev–Trinajstić information content (AvgIpc) is 3.04. The minimum Gasteiger partial charge on any atom is -0.445 e. The number of amides is 2. The lowest BCUT2D eigenvalue weighted by Gasteiger charge is -2.23. The zero-order valence-corrected chi connectivity index (χ0v) is 15.6. The molecule has 0 aromatic heterocycles. The first kappa shape index (κ1) is 18.4. The van der Waals surface area contributed by atoms with E-state index < -0.39 is 18.2 Å². The fraction of sp³-hybridized carbons (Fsp3) is 0.263. The van der Waals surface area contributed by atoms with Gasteiger partial charge in [0.05, 0.1) is 12.6 Å². The highest BCUT2D eigenvalue weighted by molar-refractivity contribution is 9.10. The van der Waals surface area contributed by atoms with Crippen LogP contribution in [0.1, 0.15) is 12.0 Å². The molecular weight excluding hydrogens is 400 g/mol. The molecule has 2 atom stereocenters. The molecule has 1 aliphatic rings. The van der Waals surface area contributed by atoms with Crippen LogP contribution < -0.4 is 5.32 Å². The summed E-state index contributed by atoms with van der Waals surface area (Å²) in [5.41, 5.74) is 1.48. The number of likely N-dealkylation sites (tertiary alicyclic amines) is 1. The zero-order valence-electron chi connectivity index (χ0n) is 14.0. The molecule has 2 aromatic rings. The van der Waals surface area contributed by atoms with Crippen LogP contribution in [-0.4, -0.2) is 40.7 Å². The number of carbonyl (C=O) groups excluding carboxylic acids is 2. The van der Waals surface area contributed by atoms with Gasteiger partial charge in [0.2, 0.25) is 5.91 Å². The first-order valence-corrected chi connectivity index (χ1v) is 9.04. The predicted molar refractivity (Wildman–Crippen MR) is 101 cm³/mol. The Labute approximate surface area is 159 Å². The topological polar surface area (TPSA) is 78.9 Å². The van der Waals surface area contributed by atoms with Crippen molar-refractivity contribution in [2.45, 2.75) is 25.2 Å². The molecular formula is C19H19BrN2O4. The molecule has 3 rings (SSSR count). The number of halogens is 1. The van der Waals surface area contributed by atoms with Gasteiger partial charge in [0.25, 0.3) is 0 Å². The second-order valence-corrected chi connectivity index (χ2v) is 7.01. The quantitative estimate of drug-likeness (QED) is 0.798. The summed E-state index contributed by atoms with van der Waals surface area (Å²) >= 11 is 3.34. The molecule has 26 heavy (non-hydrogen) atoms. The van der Waals surface area contributed by atoms with Crippen molar-refractivity contribution in [1.82, 2.24) is 4.90 Å². The SMILES string of the molecule is O=C(Nc1ccc(Br)cc1)[C@H]1C[C@H](O)CN1C(=O)OCc1ccccc1. The maximum Gasteiger partial charge on any atom is 0.410 e. The van der Waals surface area contributed by atoms with Crippen molar-refractivity contribution in [2.24, 2.45) is 0 Å². The first-order valence-electron chi connectivity index (χ1n) is 8.25. The van der Waals surface area contributed by atoms with Crippen LogP contribution in [-0.2, 0) is 16.1 Å². The lowest BCUT2D eigenvalue weighted by Crippen LogP contribution is -2.43. The smallest absolute Gasteiger partial charge is 0.410 e. The van der Waals surface area contributed by atoms with Gasteiger partial charge < -0.3 is 15.2 Å². The molecule has 1 aliphatic heterocycles. The third-order valence-electron chi connectivity index (χ3n) is 4.13. The number of ether oxygens (including phenoxy) is 1. The summed E-state index contributed by atoms with van der Waals surface area (Å²) in [6, 6.07) is 15.7. The van der Waals surface area contributed by atoms with E-state index in [0.29, 0.717) is 5.69 Å². The van der Waals surface area contributed by atoms with Gasteiger partial charge in [0.1, 0.15) is 12.6 Å². The fourth-order valence-electron chi connectivity index (χ4n) is 2.83. The van der Waals surface area contributed by atoms with Crippen molar-refractivity contribution in [3.8, 4) is 0 Å². The number of β-amino-alcohol motifs (C(OH)–C–C–N with tert-alkyl or cyclic N) is 1. The molecule has 6 nitrogen and oxygen atoms in total. The van der Waals surface area contributed by atoms with Gasteiger partial charge in [-0.05, 0) is 29.8 Å². The molecule has 2 aromatic carbocycles. The van der Waals surface area contributed by atoms with Crippen LogP contribution >= 0.6 is 15.9 Å². The Morgan fingerprint density at radius 3 is 2.54 bits per heavy atom. The molecule has 136 valence electrons. The summed E-state index contributed by atoms with van der Waals surface area (Å²) in [5, 5.41) is 12.7. The summed E-state index contributed by atoms with van der Waals surface area (Å²) in [5.74, 6) is -0.347. The molecule has 1 heterocycles. The van der Waals surface area contributed by atoms with E-state index in [1.54, 1.807) is 12.1 Å². The van der Waals surface area contributed by atoms with E-state index >= 15 is 0 Å². The molecule has 0 saturated carbocycles. The van der Waals surface area contributed by atoms with E-state index in [0.717, 1.165) is 10.0 Å². The molecule has 2 N–H and O–H groups in total. The van der Waals surface area contributed by atoms with E-state index in [1.165, 1.54) is 4.90 Å². The van der Waals surface area contributed by atoms with E-state index in [9.17, 15) is 14.7 Å². The van der Waals surface area contributed by atoms with Crippen LogP contribution in [0.25, 0.3) is 0 Å². The van der Waals surface area contributed by atoms with Crippen LogP contribution in [0.15, 0.2) is 59.1 Å². The number of hydrogen-bond acceptors (Lipinski definition) is 4. The highest BCUT2D eigenvalue weighted by atomic mass is 79.9. The summed E-state index contributed by atoms with van der Waals surface area (Å²) < 4.78 is 6.20. The standard InChI is InChI=1S/C19H19BrN2O4/c20-14-6-8-15(9-7-14)21-18(24)17-10-16(23)11-22(17)19(25)26-12-13-4-2-1-3-5-13/h1-9,16-17,23H,10-12H2,(H,21,24)/t16-,17+/m0/s1. The monoisotopic (exact) mass is 418 g/mol. The number of carbonyl (C=O) groups is 2. The molecule has 0 bridgehead atoms. The van der Waals surface area contributed by atoms with Crippen molar-refractivity contribution in [1.29, 1.82) is 0 Å². The number of nitrogens with zero attached hydrogens (tertiary/aromatic N) is 1. The minimum atomic E-state index is -0.767. The molecule has 0 unspecified atom stereocenters. The van der Waals surface area contributed by atoms with Crippen molar-refractivity contribution in [2.75, 3.05) is 11.9 Å². The second kappa shape index (κ2) is 8.33. The van der Waals surface area contributed by atoms with Gasteiger partial charge in [-0.1, -0.05) is 46.3 Å². The highest BCUT2D eigenvalue weighted by Gasteiger charge is 2.39. The van der Waals surface area contributed by atoms with E-state index in [-0.39, 0.29) is 25.5 Å². The lowest BCUT2D eigenvalue weighted by atomic mass is 10.2. The Bertz CT molecular complexity index is 767. The molecule has 0 aliphatic carbocycles. The number of benzene rings is 2. The van der Waals surface area contributed by atoms with Gasteiger partial charge >= 0.3 is 6.09 Å². The Kier molecular flexibility index (Phi) is 5.90. The molecule has 7 heteroatoms.